The first kappa shape index (κ1) is 15.5. The van der Waals surface area contributed by atoms with Gasteiger partial charge in [0.1, 0.15) is 11.4 Å². The Morgan fingerprint density at radius 3 is 2.92 bits per heavy atom. The van der Waals surface area contributed by atoms with Crippen LogP contribution in [0.5, 0.6) is 0 Å². The topological polar surface area (TPSA) is 64.7 Å². The van der Waals surface area contributed by atoms with Crippen LogP contribution < -0.4 is 5.32 Å². The van der Waals surface area contributed by atoms with Gasteiger partial charge in [0.05, 0.1) is 10.6 Å². The van der Waals surface area contributed by atoms with E-state index in [9.17, 15) is 4.79 Å². The Morgan fingerprint density at radius 2 is 2.16 bits per heavy atom. The Hall–Kier alpha value is -3.04. The van der Waals surface area contributed by atoms with Crippen molar-refractivity contribution in [2.45, 2.75) is 6.54 Å². The minimum absolute atomic E-state index is 0.155. The van der Waals surface area contributed by atoms with Crippen molar-refractivity contribution in [1.29, 1.82) is 0 Å². The Bertz CT molecular complexity index is 1040. The summed E-state index contributed by atoms with van der Waals surface area (Å²) in [5.41, 5.74) is 3.53. The van der Waals surface area contributed by atoms with Crippen molar-refractivity contribution in [2.75, 3.05) is 6.54 Å². The summed E-state index contributed by atoms with van der Waals surface area (Å²) >= 11 is 6.50. The SMILES string of the molecule is Cn1ccc(C#Cc2cnccc2-c2cn3c(c2Cl)C(=O)NCC3)n1. The van der Waals surface area contributed by atoms with Crippen LogP contribution in [-0.4, -0.2) is 31.8 Å². The normalized spacial score (nSPS) is 13.0. The zero-order valence-corrected chi connectivity index (χ0v) is 14.2. The largest absolute Gasteiger partial charge is 0.349 e. The molecular weight excluding hydrogens is 338 g/mol. The second-order valence-electron chi connectivity index (χ2n) is 5.70. The third kappa shape index (κ3) is 2.79. The number of carbonyl (C=O) groups excluding carboxylic acids is 1. The number of carbonyl (C=O) groups is 1. The number of rotatable bonds is 1. The summed E-state index contributed by atoms with van der Waals surface area (Å²) in [7, 11) is 1.84. The van der Waals surface area contributed by atoms with E-state index in [-0.39, 0.29) is 5.91 Å². The van der Waals surface area contributed by atoms with Crippen molar-refractivity contribution >= 4 is 17.5 Å². The quantitative estimate of drug-likeness (QED) is 0.683. The second-order valence-corrected chi connectivity index (χ2v) is 6.08. The van der Waals surface area contributed by atoms with Gasteiger partial charge in [-0.05, 0) is 18.1 Å². The van der Waals surface area contributed by atoms with Crippen LogP contribution in [0.2, 0.25) is 5.02 Å². The lowest BCUT2D eigenvalue weighted by molar-refractivity contribution is 0.0928. The summed E-state index contributed by atoms with van der Waals surface area (Å²) in [6.45, 7) is 1.29. The molecule has 0 aromatic carbocycles. The first-order valence-electron chi connectivity index (χ1n) is 7.76. The van der Waals surface area contributed by atoms with E-state index in [0.29, 0.717) is 29.5 Å². The Morgan fingerprint density at radius 1 is 1.28 bits per heavy atom. The van der Waals surface area contributed by atoms with Crippen LogP contribution in [0.15, 0.2) is 36.9 Å². The zero-order valence-electron chi connectivity index (χ0n) is 13.5. The van der Waals surface area contributed by atoms with E-state index in [1.807, 2.05) is 36.1 Å². The average molecular weight is 352 g/mol. The highest BCUT2D eigenvalue weighted by atomic mass is 35.5. The molecule has 0 saturated carbocycles. The number of hydrogen-bond donors (Lipinski definition) is 1. The van der Waals surface area contributed by atoms with Gasteiger partial charge in [0.2, 0.25) is 0 Å². The maximum Gasteiger partial charge on any atom is 0.269 e. The predicted molar refractivity (Wildman–Crippen MR) is 94.2 cm³/mol. The summed E-state index contributed by atoms with van der Waals surface area (Å²) in [5, 5.41) is 7.50. The van der Waals surface area contributed by atoms with Crippen LogP contribution in [0.25, 0.3) is 11.1 Å². The maximum absolute atomic E-state index is 12.1. The number of halogens is 1. The van der Waals surface area contributed by atoms with E-state index >= 15 is 0 Å². The predicted octanol–water partition coefficient (Wildman–Crippen LogP) is 2.08. The highest BCUT2D eigenvalue weighted by Gasteiger charge is 2.24. The standard InChI is InChI=1S/C18H14ClN5O/c1-23-8-5-13(22-23)3-2-12-10-20-6-4-14(12)15-11-24-9-7-21-18(25)17(24)16(15)19/h4-6,8,10-11H,7,9H2,1H3,(H,21,25). The van der Waals surface area contributed by atoms with Gasteiger partial charge in [-0.2, -0.15) is 5.10 Å². The molecule has 3 aromatic rings. The number of nitrogens with one attached hydrogen (secondary N) is 1. The molecule has 1 amide bonds. The zero-order chi connectivity index (χ0) is 17.4. The molecule has 0 fully saturated rings. The summed E-state index contributed by atoms with van der Waals surface area (Å²) in [5.74, 6) is 5.98. The molecule has 1 N–H and O–H groups in total. The van der Waals surface area contributed by atoms with Crippen molar-refractivity contribution < 1.29 is 4.79 Å². The number of pyridine rings is 1. The molecule has 0 spiro atoms. The van der Waals surface area contributed by atoms with Crippen LogP contribution in [0.3, 0.4) is 0 Å². The molecule has 1 aliphatic heterocycles. The number of nitrogens with zero attached hydrogens (tertiary/aromatic N) is 4. The van der Waals surface area contributed by atoms with E-state index in [2.05, 4.69) is 27.2 Å². The summed E-state index contributed by atoms with van der Waals surface area (Å²) in [6.07, 6.45) is 7.12. The Labute approximate surface area is 149 Å². The van der Waals surface area contributed by atoms with Gasteiger partial charge in [-0.3, -0.25) is 14.5 Å². The van der Waals surface area contributed by atoms with E-state index in [1.54, 1.807) is 17.1 Å². The van der Waals surface area contributed by atoms with Gasteiger partial charge in [0, 0.05) is 56.1 Å². The van der Waals surface area contributed by atoms with Crippen molar-refractivity contribution in [1.82, 2.24) is 24.6 Å². The van der Waals surface area contributed by atoms with Crippen molar-refractivity contribution in [2.24, 2.45) is 7.05 Å². The lowest BCUT2D eigenvalue weighted by Crippen LogP contribution is -2.34. The third-order valence-corrected chi connectivity index (χ3v) is 4.40. The van der Waals surface area contributed by atoms with Crippen molar-refractivity contribution in [3.63, 3.8) is 0 Å². The Kier molecular flexibility index (Phi) is 3.79. The molecule has 0 radical (unpaired) electrons. The molecule has 124 valence electrons. The number of amides is 1. The highest BCUT2D eigenvalue weighted by molar-refractivity contribution is 6.36. The van der Waals surface area contributed by atoms with Crippen LogP contribution in [0, 0.1) is 11.8 Å². The van der Waals surface area contributed by atoms with Crippen molar-refractivity contribution in [3.05, 3.63) is 58.9 Å². The van der Waals surface area contributed by atoms with E-state index in [4.69, 9.17) is 11.6 Å². The summed E-state index contributed by atoms with van der Waals surface area (Å²) in [6, 6.07) is 3.70. The van der Waals surface area contributed by atoms with Crippen LogP contribution in [-0.2, 0) is 13.6 Å². The average Bonchev–Trinajstić information content (AvgIpc) is 3.17. The van der Waals surface area contributed by atoms with Gasteiger partial charge in [-0.1, -0.05) is 17.5 Å². The molecule has 0 aliphatic carbocycles. The molecular formula is C18H14ClN5O. The van der Waals surface area contributed by atoms with Crippen molar-refractivity contribution in [3.8, 4) is 23.0 Å². The second kappa shape index (κ2) is 6.11. The lowest BCUT2D eigenvalue weighted by atomic mass is 10.0. The molecule has 0 unspecified atom stereocenters. The summed E-state index contributed by atoms with van der Waals surface area (Å²) in [4.78, 5) is 16.2. The van der Waals surface area contributed by atoms with Gasteiger partial charge in [-0.15, -0.1) is 0 Å². The van der Waals surface area contributed by atoms with E-state index in [0.717, 1.165) is 16.7 Å². The number of fused-ring (bicyclic) bond motifs is 1. The Balaban J connectivity index is 1.80. The molecule has 4 rings (SSSR count). The van der Waals surface area contributed by atoms with Crippen LogP contribution in [0.4, 0.5) is 0 Å². The molecule has 3 aromatic heterocycles. The number of aromatic nitrogens is 4. The van der Waals surface area contributed by atoms with E-state index < -0.39 is 0 Å². The third-order valence-electron chi connectivity index (χ3n) is 4.02. The maximum atomic E-state index is 12.1. The smallest absolute Gasteiger partial charge is 0.269 e. The highest BCUT2D eigenvalue weighted by Crippen LogP contribution is 2.34. The monoisotopic (exact) mass is 351 g/mol. The van der Waals surface area contributed by atoms with E-state index in [1.165, 1.54) is 0 Å². The molecule has 0 atom stereocenters. The molecule has 0 bridgehead atoms. The molecule has 0 saturated heterocycles. The van der Waals surface area contributed by atoms with Gasteiger partial charge in [0.25, 0.3) is 5.91 Å². The van der Waals surface area contributed by atoms with Gasteiger partial charge in [-0.25, -0.2) is 0 Å². The fourth-order valence-electron chi connectivity index (χ4n) is 2.84. The minimum atomic E-state index is -0.155. The molecule has 6 nitrogen and oxygen atoms in total. The fraction of sp³-hybridized carbons (Fsp3) is 0.167. The molecule has 1 aliphatic rings. The minimum Gasteiger partial charge on any atom is -0.349 e. The van der Waals surface area contributed by atoms with Gasteiger partial charge in [0.15, 0.2) is 0 Å². The number of aryl methyl sites for hydroxylation is 1. The summed E-state index contributed by atoms with van der Waals surface area (Å²) < 4.78 is 3.58. The first-order valence-corrected chi connectivity index (χ1v) is 8.14. The molecule has 4 heterocycles. The molecule has 25 heavy (non-hydrogen) atoms. The lowest BCUT2D eigenvalue weighted by Gasteiger charge is -2.15. The van der Waals surface area contributed by atoms with Crippen LogP contribution >= 0.6 is 11.6 Å². The van der Waals surface area contributed by atoms with Gasteiger partial charge < -0.3 is 9.88 Å². The number of hydrogen-bond acceptors (Lipinski definition) is 3. The van der Waals surface area contributed by atoms with Crippen LogP contribution in [0.1, 0.15) is 21.7 Å². The van der Waals surface area contributed by atoms with Gasteiger partial charge >= 0.3 is 0 Å². The fourth-order valence-corrected chi connectivity index (χ4v) is 3.19. The molecule has 7 heteroatoms. The first-order chi connectivity index (χ1) is 12.1.